The van der Waals surface area contributed by atoms with Gasteiger partial charge in [-0.15, -0.1) is 0 Å². The van der Waals surface area contributed by atoms with Gasteiger partial charge in [-0.1, -0.05) is 19.0 Å². The first-order valence-corrected chi connectivity index (χ1v) is 8.81. The molecular weight excluding hydrogens is 322 g/mol. The molecule has 0 spiro atoms. The van der Waals surface area contributed by atoms with Gasteiger partial charge in [0.1, 0.15) is 17.9 Å². The van der Waals surface area contributed by atoms with Crippen LogP contribution in [0.3, 0.4) is 0 Å². The minimum atomic E-state index is -0.0688. The molecule has 1 N–H and O–H groups in total. The van der Waals surface area contributed by atoms with Crippen molar-refractivity contribution in [1.29, 1.82) is 0 Å². The van der Waals surface area contributed by atoms with E-state index in [0.29, 0.717) is 19.6 Å². The quantitative estimate of drug-likeness (QED) is 0.815. The molecule has 2 aromatic rings. The standard InChI is InChI=1S/C17H25N5O3/c1-4-13-12(14(5-2)25-21-13)8-16(23)22(3)9-15-11(6-7-24-15)17-18-10-19-20-17/h10-11,15H,4-9H2,1-3H3,(H,18,19,20)/t11-,15-/m1/s1. The molecule has 0 aliphatic carbocycles. The molecule has 1 aliphatic heterocycles. The number of ether oxygens (including phenoxy) is 1. The first-order valence-electron chi connectivity index (χ1n) is 8.81. The molecule has 1 fully saturated rings. The van der Waals surface area contributed by atoms with Gasteiger partial charge in [0.05, 0.1) is 18.2 Å². The third kappa shape index (κ3) is 3.73. The maximum atomic E-state index is 12.7. The van der Waals surface area contributed by atoms with Crippen LogP contribution in [0.4, 0.5) is 0 Å². The normalized spacial score (nSPS) is 20.1. The van der Waals surface area contributed by atoms with E-state index in [1.165, 1.54) is 6.33 Å². The van der Waals surface area contributed by atoms with Gasteiger partial charge in [-0.25, -0.2) is 4.98 Å². The molecule has 1 amide bonds. The number of likely N-dealkylation sites (N-methyl/N-ethyl adjacent to an activating group) is 1. The van der Waals surface area contributed by atoms with Gasteiger partial charge in [-0.3, -0.25) is 9.89 Å². The Labute approximate surface area is 146 Å². The van der Waals surface area contributed by atoms with E-state index in [4.69, 9.17) is 9.26 Å². The second kappa shape index (κ2) is 7.77. The number of nitrogens with zero attached hydrogens (tertiary/aromatic N) is 4. The second-order valence-corrected chi connectivity index (χ2v) is 6.36. The average Bonchev–Trinajstić information content (AvgIpc) is 3.34. The number of aromatic nitrogens is 4. The Morgan fingerprint density at radius 2 is 2.24 bits per heavy atom. The lowest BCUT2D eigenvalue weighted by atomic mass is 10.00. The van der Waals surface area contributed by atoms with E-state index >= 15 is 0 Å². The zero-order chi connectivity index (χ0) is 17.8. The molecule has 0 aromatic carbocycles. The number of hydrogen-bond acceptors (Lipinski definition) is 6. The summed E-state index contributed by atoms with van der Waals surface area (Å²) in [6, 6.07) is 0. The van der Waals surface area contributed by atoms with Gasteiger partial charge in [0, 0.05) is 38.1 Å². The molecule has 3 rings (SSSR count). The van der Waals surface area contributed by atoms with E-state index < -0.39 is 0 Å². The summed E-state index contributed by atoms with van der Waals surface area (Å²) in [5.74, 6) is 1.81. The Hall–Kier alpha value is -2.22. The monoisotopic (exact) mass is 347 g/mol. The number of rotatable bonds is 7. The van der Waals surface area contributed by atoms with Gasteiger partial charge in [0.25, 0.3) is 0 Å². The largest absolute Gasteiger partial charge is 0.376 e. The molecule has 0 bridgehead atoms. The lowest BCUT2D eigenvalue weighted by molar-refractivity contribution is -0.130. The molecule has 0 radical (unpaired) electrons. The Kier molecular flexibility index (Phi) is 5.47. The highest BCUT2D eigenvalue weighted by molar-refractivity contribution is 5.79. The Bertz CT molecular complexity index is 676. The topological polar surface area (TPSA) is 97.1 Å². The first kappa shape index (κ1) is 17.6. The number of amides is 1. The van der Waals surface area contributed by atoms with Crippen LogP contribution in [0.15, 0.2) is 10.9 Å². The highest BCUT2D eigenvalue weighted by atomic mass is 16.5. The molecule has 25 heavy (non-hydrogen) atoms. The predicted octanol–water partition coefficient (Wildman–Crippen LogP) is 1.49. The number of nitrogens with one attached hydrogen (secondary N) is 1. The SMILES string of the molecule is CCc1noc(CC)c1CC(=O)N(C)C[C@H]1OCC[C@H]1c1ncn[nH]1. The van der Waals surface area contributed by atoms with E-state index in [2.05, 4.69) is 20.3 Å². The van der Waals surface area contributed by atoms with Gasteiger partial charge >= 0.3 is 0 Å². The van der Waals surface area contributed by atoms with Crippen molar-refractivity contribution in [1.82, 2.24) is 25.2 Å². The zero-order valence-corrected chi connectivity index (χ0v) is 15.0. The maximum absolute atomic E-state index is 12.7. The second-order valence-electron chi connectivity index (χ2n) is 6.36. The number of hydrogen-bond donors (Lipinski definition) is 1. The minimum Gasteiger partial charge on any atom is -0.376 e. The van der Waals surface area contributed by atoms with E-state index in [1.807, 2.05) is 20.9 Å². The Balaban J connectivity index is 1.64. The van der Waals surface area contributed by atoms with Crippen LogP contribution in [-0.2, 0) is 28.8 Å². The van der Waals surface area contributed by atoms with Crippen molar-refractivity contribution in [2.75, 3.05) is 20.2 Å². The van der Waals surface area contributed by atoms with E-state index in [1.54, 1.807) is 4.90 Å². The van der Waals surface area contributed by atoms with Crippen molar-refractivity contribution in [3.8, 4) is 0 Å². The van der Waals surface area contributed by atoms with Crippen LogP contribution >= 0.6 is 0 Å². The van der Waals surface area contributed by atoms with Crippen LogP contribution in [0.1, 0.15) is 49.0 Å². The molecule has 1 saturated heterocycles. The lowest BCUT2D eigenvalue weighted by Gasteiger charge is -2.24. The molecule has 136 valence electrons. The van der Waals surface area contributed by atoms with Crippen molar-refractivity contribution < 1.29 is 14.1 Å². The molecule has 0 unspecified atom stereocenters. The summed E-state index contributed by atoms with van der Waals surface area (Å²) >= 11 is 0. The molecule has 1 aliphatic rings. The Morgan fingerprint density at radius 3 is 2.92 bits per heavy atom. The van der Waals surface area contributed by atoms with E-state index in [0.717, 1.165) is 42.1 Å². The number of carbonyl (C=O) groups is 1. The number of carbonyl (C=O) groups excluding carboxylic acids is 1. The fourth-order valence-electron chi connectivity index (χ4n) is 3.33. The molecule has 3 heterocycles. The molecular formula is C17H25N5O3. The summed E-state index contributed by atoms with van der Waals surface area (Å²) in [6.07, 6.45) is 4.12. The summed E-state index contributed by atoms with van der Waals surface area (Å²) in [4.78, 5) is 18.7. The van der Waals surface area contributed by atoms with Crippen molar-refractivity contribution >= 4 is 5.91 Å². The summed E-state index contributed by atoms with van der Waals surface area (Å²) in [5, 5.41) is 10.9. The summed E-state index contributed by atoms with van der Waals surface area (Å²) in [7, 11) is 1.81. The van der Waals surface area contributed by atoms with E-state index in [-0.39, 0.29) is 17.9 Å². The molecule has 2 aromatic heterocycles. The predicted molar refractivity (Wildman–Crippen MR) is 90.1 cm³/mol. The van der Waals surface area contributed by atoms with Crippen molar-refractivity contribution in [2.45, 2.75) is 51.6 Å². The summed E-state index contributed by atoms with van der Waals surface area (Å²) < 4.78 is 11.2. The average molecular weight is 347 g/mol. The third-order valence-corrected chi connectivity index (χ3v) is 4.81. The van der Waals surface area contributed by atoms with Crippen molar-refractivity contribution in [3.63, 3.8) is 0 Å². The van der Waals surface area contributed by atoms with Gasteiger partial charge in [-0.05, 0) is 12.8 Å². The summed E-state index contributed by atoms with van der Waals surface area (Å²) in [6.45, 7) is 5.22. The number of H-pyrrole nitrogens is 1. The lowest BCUT2D eigenvalue weighted by Crippen LogP contribution is -2.37. The maximum Gasteiger partial charge on any atom is 0.227 e. The summed E-state index contributed by atoms with van der Waals surface area (Å²) in [5.41, 5.74) is 1.80. The molecule has 2 atom stereocenters. The minimum absolute atomic E-state index is 0.0411. The fourth-order valence-corrected chi connectivity index (χ4v) is 3.33. The highest BCUT2D eigenvalue weighted by Gasteiger charge is 2.33. The van der Waals surface area contributed by atoms with Crippen LogP contribution < -0.4 is 0 Å². The Morgan fingerprint density at radius 1 is 1.40 bits per heavy atom. The van der Waals surface area contributed by atoms with E-state index in [9.17, 15) is 4.79 Å². The fraction of sp³-hybridized carbons (Fsp3) is 0.647. The van der Waals surface area contributed by atoms with Crippen molar-refractivity contribution in [2.24, 2.45) is 0 Å². The van der Waals surface area contributed by atoms with Crippen LogP contribution in [0.5, 0.6) is 0 Å². The third-order valence-electron chi connectivity index (χ3n) is 4.81. The van der Waals surface area contributed by atoms with Gasteiger partial charge in [0.15, 0.2) is 0 Å². The van der Waals surface area contributed by atoms with Gasteiger partial charge in [0.2, 0.25) is 5.91 Å². The zero-order valence-electron chi connectivity index (χ0n) is 15.0. The first-order chi connectivity index (χ1) is 12.1. The van der Waals surface area contributed by atoms with Crippen LogP contribution in [0.2, 0.25) is 0 Å². The van der Waals surface area contributed by atoms with Crippen molar-refractivity contribution in [3.05, 3.63) is 29.2 Å². The molecule has 0 saturated carbocycles. The van der Waals surface area contributed by atoms with Crippen LogP contribution in [0, 0.1) is 0 Å². The van der Waals surface area contributed by atoms with Crippen LogP contribution in [0.25, 0.3) is 0 Å². The molecule has 8 nitrogen and oxygen atoms in total. The van der Waals surface area contributed by atoms with Gasteiger partial charge in [-0.2, -0.15) is 5.10 Å². The van der Waals surface area contributed by atoms with Crippen LogP contribution in [-0.4, -0.2) is 57.4 Å². The molecule has 8 heteroatoms. The van der Waals surface area contributed by atoms with Gasteiger partial charge < -0.3 is 14.2 Å². The smallest absolute Gasteiger partial charge is 0.227 e. The highest BCUT2D eigenvalue weighted by Crippen LogP contribution is 2.29. The number of aryl methyl sites for hydroxylation is 2. The number of aromatic amines is 1.